The van der Waals surface area contributed by atoms with E-state index in [0.717, 1.165) is 4.47 Å². The number of esters is 1. The minimum atomic E-state index is -0.832. The molecule has 3 nitrogen and oxygen atoms in total. The van der Waals surface area contributed by atoms with Gasteiger partial charge in [-0.25, -0.2) is 9.18 Å². The number of nitrogens with one attached hydrogen (secondary N) is 1. The molecule has 0 fully saturated rings. The summed E-state index contributed by atoms with van der Waals surface area (Å²) < 4.78 is 18.8. The number of rotatable bonds is 4. The number of methoxy groups -OCH3 is 1. The molecule has 21 heavy (non-hydrogen) atoms. The minimum absolute atomic E-state index is 0.399. The fourth-order valence-corrected chi connectivity index (χ4v) is 2.47. The zero-order valence-electron chi connectivity index (χ0n) is 11.1. The third-order valence-electron chi connectivity index (χ3n) is 2.84. The van der Waals surface area contributed by atoms with Crippen molar-refractivity contribution in [3.63, 3.8) is 0 Å². The Morgan fingerprint density at radius 1 is 1.33 bits per heavy atom. The van der Waals surface area contributed by atoms with Gasteiger partial charge in [-0.2, -0.15) is 0 Å². The third kappa shape index (κ3) is 3.95. The lowest BCUT2D eigenvalue weighted by Gasteiger charge is -2.19. The van der Waals surface area contributed by atoms with Crippen molar-refractivity contribution < 1.29 is 13.9 Å². The summed E-state index contributed by atoms with van der Waals surface area (Å²) in [6.07, 6.45) is 0. The summed E-state index contributed by atoms with van der Waals surface area (Å²) in [6.45, 7) is 0. The molecule has 0 aliphatic rings. The van der Waals surface area contributed by atoms with Gasteiger partial charge >= 0.3 is 5.97 Å². The molecular formula is C15H12BrClFNO2. The molecule has 0 amide bonds. The Labute approximate surface area is 135 Å². The van der Waals surface area contributed by atoms with Crippen LogP contribution in [-0.2, 0) is 9.53 Å². The van der Waals surface area contributed by atoms with Crippen LogP contribution in [0.4, 0.5) is 10.1 Å². The third-order valence-corrected chi connectivity index (χ3v) is 3.68. The van der Waals surface area contributed by atoms with Gasteiger partial charge in [0.2, 0.25) is 0 Å². The van der Waals surface area contributed by atoms with Gasteiger partial charge in [-0.15, -0.1) is 0 Å². The molecule has 1 unspecified atom stereocenters. The minimum Gasteiger partial charge on any atom is -0.467 e. The Morgan fingerprint density at radius 2 is 2.10 bits per heavy atom. The Bertz CT molecular complexity index is 666. The molecular weight excluding hydrogens is 361 g/mol. The highest BCUT2D eigenvalue weighted by atomic mass is 79.9. The summed E-state index contributed by atoms with van der Waals surface area (Å²) in [4.78, 5) is 12.0. The topological polar surface area (TPSA) is 38.3 Å². The van der Waals surface area contributed by atoms with E-state index in [-0.39, 0.29) is 0 Å². The van der Waals surface area contributed by atoms with Gasteiger partial charge in [-0.3, -0.25) is 0 Å². The second kappa shape index (κ2) is 6.91. The van der Waals surface area contributed by atoms with Crippen molar-refractivity contribution in [2.24, 2.45) is 0 Å². The SMILES string of the molecule is COC(=O)C(Nc1cccc(F)c1)c1cc(Br)ccc1Cl. The molecule has 2 aromatic rings. The highest BCUT2D eigenvalue weighted by Gasteiger charge is 2.24. The summed E-state index contributed by atoms with van der Waals surface area (Å²) in [5.74, 6) is -0.914. The summed E-state index contributed by atoms with van der Waals surface area (Å²) in [6, 6.07) is 10.1. The first-order chi connectivity index (χ1) is 10.0. The van der Waals surface area contributed by atoms with Crippen molar-refractivity contribution in [1.29, 1.82) is 0 Å². The summed E-state index contributed by atoms with van der Waals surface area (Å²) >= 11 is 9.48. The van der Waals surface area contributed by atoms with E-state index < -0.39 is 17.8 Å². The van der Waals surface area contributed by atoms with Crippen molar-refractivity contribution >= 4 is 39.2 Å². The van der Waals surface area contributed by atoms with Gasteiger partial charge in [0.15, 0.2) is 6.04 Å². The van der Waals surface area contributed by atoms with E-state index in [1.807, 2.05) is 0 Å². The number of carbonyl (C=O) groups excluding carboxylic acids is 1. The zero-order chi connectivity index (χ0) is 15.4. The van der Waals surface area contributed by atoms with E-state index in [0.29, 0.717) is 16.3 Å². The monoisotopic (exact) mass is 371 g/mol. The predicted molar refractivity (Wildman–Crippen MR) is 83.9 cm³/mol. The molecule has 0 aliphatic heterocycles. The number of hydrogen-bond acceptors (Lipinski definition) is 3. The van der Waals surface area contributed by atoms with E-state index in [9.17, 15) is 9.18 Å². The van der Waals surface area contributed by atoms with Crippen LogP contribution >= 0.6 is 27.5 Å². The van der Waals surface area contributed by atoms with Gasteiger partial charge in [0, 0.05) is 20.7 Å². The number of halogens is 3. The van der Waals surface area contributed by atoms with Crippen LogP contribution in [0, 0.1) is 5.82 Å². The number of hydrogen-bond donors (Lipinski definition) is 1. The Kier molecular flexibility index (Phi) is 5.20. The van der Waals surface area contributed by atoms with E-state index in [4.69, 9.17) is 16.3 Å². The number of benzene rings is 2. The highest BCUT2D eigenvalue weighted by molar-refractivity contribution is 9.10. The number of ether oxygens (including phenoxy) is 1. The zero-order valence-corrected chi connectivity index (χ0v) is 13.4. The summed E-state index contributed by atoms with van der Waals surface area (Å²) in [5, 5.41) is 3.35. The lowest BCUT2D eigenvalue weighted by molar-refractivity contribution is -0.141. The molecule has 6 heteroatoms. The van der Waals surface area contributed by atoms with Gasteiger partial charge in [-0.05, 0) is 36.4 Å². The normalized spacial score (nSPS) is 11.8. The van der Waals surface area contributed by atoms with Crippen molar-refractivity contribution in [1.82, 2.24) is 0 Å². The molecule has 2 aromatic carbocycles. The molecule has 0 spiro atoms. The summed E-state index contributed by atoms with van der Waals surface area (Å²) in [7, 11) is 1.29. The number of carbonyl (C=O) groups is 1. The quantitative estimate of drug-likeness (QED) is 0.799. The fraction of sp³-hybridized carbons (Fsp3) is 0.133. The van der Waals surface area contributed by atoms with Gasteiger partial charge < -0.3 is 10.1 Å². The maximum absolute atomic E-state index is 13.3. The first-order valence-corrected chi connectivity index (χ1v) is 7.23. The maximum Gasteiger partial charge on any atom is 0.333 e. The lowest BCUT2D eigenvalue weighted by atomic mass is 10.1. The second-order valence-corrected chi connectivity index (χ2v) is 5.60. The Hall–Kier alpha value is -1.59. The van der Waals surface area contributed by atoms with Crippen LogP contribution in [0.2, 0.25) is 5.02 Å². The second-order valence-electron chi connectivity index (χ2n) is 4.28. The highest BCUT2D eigenvalue weighted by Crippen LogP contribution is 2.30. The van der Waals surface area contributed by atoms with Crippen molar-refractivity contribution in [3.8, 4) is 0 Å². The molecule has 0 saturated carbocycles. The number of anilines is 1. The molecule has 0 bridgehead atoms. The lowest BCUT2D eigenvalue weighted by Crippen LogP contribution is -2.22. The van der Waals surface area contributed by atoms with Crippen LogP contribution < -0.4 is 5.32 Å². The molecule has 0 saturated heterocycles. The van der Waals surface area contributed by atoms with Gasteiger partial charge in [0.05, 0.1) is 7.11 Å². The van der Waals surface area contributed by atoms with Gasteiger partial charge in [-0.1, -0.05) is 33.6 Å². The van der Waals surface area contributed by atoms with Crippen LogP contribution in [0.3, 0.4) is 0 Å². The smallest absolute Gasteiger partial charge is 0.333 e. The van der Waals surface area contributed by atoms with Crippen molar-refractivity contribution in [2.75, 3.05) is 12.4 Å². The first kappa shape index (κ1) is 15.8. The molecule has 0 heterocycles. The largest absolute Gasteiger partial charge is 0.467 e. The molecule has 110 valence electrons. The first-order valence-electron chi connectivity index (χ1n) is 6.06. The average molecular weight is 373 g/mol. The van der Waals surface area contributed by atoms with E-state index >= 15 is 0 Å². The average Bonchev–Trinajstić information content (AvgIpc) is 2.47. The van der Waals surface area contributed by atoms with Gasteiger partial charge in [0.25, 0.3) is 0 Å². The molecule has 0 radical (unpaired) electrons. The van der Waals surface area contributed by atoms with Crippen molar-refractivity contribution in [2.45, 2.75) is 6.04 Å². The van der Waals surface area contributed by atoms with Crippen LogP contribution in [-0.4, -0.2) is 13.1 Å². The maximum atomic E-state index is 13.3. The van der Waals surface area contributed by atoms with Crippen LogP contribution in [0.1, 0.15) is 11.6 Å². The Balaban J connectivity index is 2.39. The fourth-order valence-electron chi connectivity index (χ4n) is 1.86. The van der Waals surface area contributed by atoms with Crippen molar-refractivity contribution in [3.05, 3.63) is 63.3 Å². The molecule has 1 atom stereocenters. The Morgan fingerprint density at radius 3 is 2.76 bits per heavy atom. The summed E-state index contributed by atoms with van der Waals surface area (Å²) in [5.41, 5.74) is 1.00. The standard InChI is InChI=1S/C15H12BrClFNO2/c1-21-15(20)14(12-7-9(16)5-6-13(12)17)19-11-4-2-3-10(18)8-11/h2-8,14,19H,1H3. The molecule has 1 N–H and O–H groups in total. The molecule has 0 aromatic heterocycles. The molecule has 0 aliphatic carbocycles. The van der Waals surface area contributed by atoms with E-state index in [1.165, 1.54) is 19.2 Å². The van der Waals surface area contributed by atoms with Crippen LogP contribution in [0.5, 0.6) is 0 Å². The van der Waals surface area contributed by atoms with Crippen LogP contribution in [0.15, 0.2) is 46.9 Å². The van der Waals surface area contributed by atoms with Gasteiger partial charge in [0.1, 0.15) is 5.82 Å². The molecule has 2 rings (SSSR count). The predicted octanol–water partition coefficient (Wildman–Crippen LogP) is 4.57. The van der Waals surface area contributed by atoms with E-state index in [2.05, 4.69) is 21.2 Å². The van der Waals surface area contributed by atoms with Crippen LogP contribution in [0.25, 0.3) is 0 Å². The van der Waals surface area contributed by atoms with E-state index in [1.54, 1.807) is 30.3 Å².